The molecule has 1 aromatic heterocycles. The first-order chi connectivity index (χ1) is 10.5. The maximum atomic E-state index is 12.9. The molecule has 3 aromatic rings. The third-order valence-corrected chi connectivity index (χ3v) is 4.79. The molecule has 3 rings (SSSR count). The average Bonchev–Trinajstić information content (AvgIpc) is 2.78. The molecule has 4 heteroatoms. The SMILES string of the molecule is Cc1oc(C)c(C(=O)N(C)c2cccc3ccccc23)c1Br. The first kappa shape index (κ1) is 14.9. The number of benzene rings is 2. The standard InChI is InChI=1S/C18H16BrNO2/c1-11-16(17(19)12(2)22-11)18(21)20(3)15-10-6-8-13-7-4-5-9-14(13)15/h4-10H,1-3H3. The van der Waals surface area contributed by atoms with Crippen molar-refractivity contribution in [1.82, 2.24) is 0 Å². The van der Waals surface area contributed by atoms with E-state index in [1.165, 1.54) is 0 Å². The second-order valence-corrected chi connectivity index (χ2v) is 6.06. The van der Waals surface area contributed by atoms with Gasteiger partial charge in [0.2, 0.25) is 0 Å². The molecular weight excluding hydrogens is 342 g/mol. The van der Waals surface area contributed by atoms with Crippen molar-refractivity contribution in [2.75, 3.05) is 11.9 Å². The molecule has 2 aromatic carbocycles. The van der Waals surface area contributed by atoms with Crippen molar-refractivity contribution in [3.05, 3.63) is 64.0 Å². The van der Waals surface area contributed by atoms with Crippen LogP contribution in [0.1, 0.15) is 21.9 Å². The van der Waals surface area contributed by atoms with Gasteiger partial charge in [-0.05, 0) is 41.2 Å². The summed E-state index contributed by atoms with van der Waals surface area (Å²) in [5.74, 6) is 1.26. The number of furan rings is 1. The van der Waals surface area contributed by atoms with Gasteiger partial charge in [-0.25, -0.2) is 0 Å². The summed E-state index contributed by atoms with van der Waals surface area (Å²) in [4.78, 5) is 14.6. The van der Waals surface area contributed by atoms with Crippen LogP contribution < -0.4 is 4.90 Å². The van der Waals surface area contributed by atoms with Crippen LogP contribution in [0.25, 0.3) is 10.8 Å². The van der Waals surface area contributed by atoms with Crippen LogP contribution in [0.4, 0.5) is 5.69 Å². The topological polar surface area (TPSA) is 33.5 Å². The summed E-state index contributed by atoms with van der Waals surface area (Å²) in [6.07, 6.45) is 0. The Labute approximate surface area is 137 Å². The molecule has 112 valence electrons. The Bertz CT molecular complexity index is 861. The lowest BCUT2D eigenvalue weighted by atomic mass is 10.1. The molecule has 1 heterocycles. The fourth-order valence-corrected chi connectivity index (χ4v) is 3.21. The Morgan fingerprint density at radius 3 is 2.41 bits per heavy atom. The normalized spacial score (nSPS) is 10.9. The van der Waals surface area contributed by atoms with Crippen molar-refractivity contribution >= 4 is 38.3 Å². The molecule has 0 unspecified atom stereocenters. The van der Waals surface area contributed by atoms with Gasteiger partial charge in [0.25, 0.3) is 5.91 Å². The number of aryl methyl sites for hydroxylation is 2. The van der Waals surface area contributed by atoms with Gasteiger partial charge in [-0.2, -0.15) is 0 Å². The lowest BCUT2D eigenvalue weighted by Crippen LogP contribution is -2.27. The zero-order valence-electron chi connectivity index (χ0n) is 12.7. The Hall–Kier alpha value is -2.07. The van der Waals surface area contributed by atoms with Crippen LogP contribution >= 0.6 is 15.9 Å². The van der Waals surface area contributed by atoms with Gasteiger partial charge in [0.1, 0.15) is 11.5 Å². The van der Waals surface area contributed by atoms with E-state index in [-0.39, 0.29) is 5.91 Å². The molecule has 22 heavy (non-hydrogen) atoms. The molecule has 0 bridgehead atoms. The third-order valence-electron chi connectivity index (χ3n) is 3.83. The van der Waals surface area contributed by atoms with Crippen LogP contribution in [-0.2, 0) is 0 Å². The second-order valence-electron chi connectivity index (χ2n) is 5.27. The summed E-state index contributed by atoms with van der Waals surface area (Å²) in [6, 6.07) is 14.0. The van der Waals surface area contributed by atoms with Crippen molar-refractivity contribution < 1.29 is 9.21 Å². The molecule has 0 aliphatic rings. The van der Waals surface area contributed by atoms with E-state index in [4.69, 9.17) is 4.42 Å². The predicted octanol–water partition coefficient (Wildman–Crippen LogP) is 5.09. The van der Waals surface area contributed by atoms with Crippen molar-refractivity contribution in [2.24, 2.45) is 0 Å². The molecule has 0 aliphatic carbocycles. The minimum absolute atomic E-state index is 0.0856. The Morgan fingerprint density at radius 1 is 1.05 bits per heavy atom. The number of anilines is 1. The maximum Gasteiger partial charge on any atom is 0.262 e. The molecule has 0 radical (unpaired) electrons. The molecule has 0 saturated heterocycles. The van der Waals surface area contributed by atoms with E-state index in [9.17, 15) is 4.79 Å². The van der Waals surface area contributed by atoms with Crippen LogP contribution in [0.3, 0.4) is 0 Å². The van der Waals surface area contributed by atoms with Crippen molar-refractivity contribution in [3.63, 3.8) is 0 Å². The van der Waals surface area contributed by atoms with E-state index in [1.807, 2.05) is 56.3 Å². The van der Waals surface area contributed by atoms with Gasteiger partial charge in [-0.1, -0.05) is 36.4 Å². The van der Waals surface area contributed by atoms with Crippen LogP contribution in [0, 0.1) is 13.8 Å². The third kappa shape index (κ3) is 2.33. The molecular formula is C18H16BrNO2. The highest BCUT2D eigenvalue weighted by Gasteiger charge is 2.24. The number of hydrogen-bond donors (Lipinski definition) is 0. The Balaban J connectivity index is 2.09. The summed E-state index contributed by atoms with van der Waals surface area (Å²) >= 11 is 3.45. The molecule has 1 amide bonds. The van der Waals surface area contributed by atoms with Gasteiger partial charge in [0.05, 0.1) is 15.7 Å². The summed E-state index contributed by atoms with van der Waals surface area (Å²) in [5.41, 5.74) is 1.46. The monoisotopic (exact) mass is 357 g/mol. The van der Waals surface area contributed by atoms with Crippen LogP contribution in [0.5, 0.6) is 0 Å². The van der Waals surface area contributed by atoms with E-state index in [0.29, 0.717) is 17.1 Å². The molecule has 0 atom stereocenters. The molecule has 0 fully saturated rings. The Morgan fingerprint density at radius 2 is 1.73 bits per heavy atom. The lowest BCUT2D eigenvalue weighted by molar-refractivity contribution is 0.0991. The number of hydrogen-bond acceptors (Lipinski definition) is 2. The number of nitrogens with zero attached hydrogens (tertiary/aromatic N) is 1. The smallest absolute Gasteiger partial charge is 0.262 e. The maximum absolute atomic E-state index is 12.9. The average molecular weight is 358 g/mol. The summed E-state index contributed by atoms with van der Waals surface area (Å²) in [6.45, 7) is 3.65. The van der Waals surface area contributed by atoms with Crippen molar-refractivity contribution in [3.8, 4) is 0 Å². The van der Waals surface area contributed by atoms with E-state index in [0.717, 1.165) is 20.9 Å². The first-order valence-electron chi connectivity index (χ1n) is 7.02. The molecule has 3 nitrogen and oxygen atoms in total. The zero-order valence-corrected chi connectivity index (χ0v) is 14.3. The van der Waals surface area contributed by atoms with Gasteiger partial charge in [0, 0.05) is 12.4 Å². The highest BCUT2D eigenvalue weighted by atomic mass is 79.9. The van der Waals surface area contributed by atoms with Crippen LogP contribution in [0.2, 0.25) is 0 Å². The molecule has 0 spiro atoms. The lowest BCUT2D eigenvalue weighted by Gasteiger charge is -2.19. The zero-order chi connectivity index (χ0) is 15.9. The van der Waals surface area contributed by atoms with Gasteiger partial charge in [-0.3, -0.25) is 4.79 Å². The summed E-state index contributed by atoms with van der Waals surface area (Å²) < 4.78 is 6.27. The number of fused-ring (bicyclic) bond motifs is 1. The summed E-state index contributed by atoms with van der Waals surface area (Å²) in [7, 11) is 1.79. The number of carbonyl (C=O) groups is 1. The fourth-order valence-electron chi connectivity index (χ4n) is 2.68. The van der Waals surface area contributed by atoms with Crippen molar-refractivity contribution in [2.45, 2.75) is 13.8 Å². The minimum atomic E-state index is -0.0856. The second kappa shape index (κ2) is 5.61. The predicted molar refractivity (Wildman–Crippen MR) is 92.6 cm³/mol. The van der Waals surface area contributed by atoms with Gasteiger partial charge in [0.15, 0.2) is 0 Å². The number of halogens is 1. The molecule has 0 aliphatic heterocycles. The fraction of sp³-hybridized carbons (Fsp3) is 0.167. The number of rotatable bonds is 2. The van der Waals surface area contributed by atoms with E-state index < -0.39 is 0 Å². The van der Waals surface area contributed by atoms with Gasteiger partial charge < -0.3 is 9.32 Å². The van der Waals surface area contributed by atoms with Gasteiger partial charge >= 0.3 is 0 Å². The van der Waals surface area contributed by atoms with Crippen LogP contribution in [0.15, 0.2) is 51.4 Å². The van der Waals surface area contributed by atoms with Crippen molar-refractivity contribution in [1.29, 1.82) is 0 Å². The molecule has 0 N–H and O–H groups in total. The number of amides is 1. The molecule has 0 saturated carbocycles. The highest BCUT2D eigenvalue weighted by molar-refractivity contribution is 9.10. The quantitative estimate of drug-likeness (QED) is 0.639. The largest absolute Gasteiger partial charge is 0.465 e. The van der Waals surface area contributed by atoms with E-state index >= 15 is 0 Å². The number of carbonyl (C=O) groups excluding carboxylic acids is 1. The summed E-state index contributed by atoms with van der Waals surface area (Å²) in [5, 5.41) is 2.16. The van der Waals surface area contributed by atoms with E-state index in [2.05, 4.69) is 15.9 Å². The van der Waals surface area contributed by atoms with E-state index in [1.54, 1.807) is 11.9 Å². The first-order valence-corrected chi connectivity index (χ1v) is 7.81. The van der Waals surface area contributed by atoms with Gasteiger partial charge in [-0.15, -0.1) is 0 Å². The highest BCUT2D eigenvalue weighted by Crippen LogP contribution is 2.31. The minimum Gasteiger partial charge on any atom is -0.465 e. The Kier molecular flexibility index (Phi) is 3.79. The van der Waals surface area contributed by atoms with Crippen LogP contribution in [-0.4, -0.2) is 13.0 Å².